The summed E-state index contributed by atoms with van der Waals surface area (Å²) in [6, 6.07) is 11.5. The minimum Gasteiger partial charge on any atom is -0.488 e. The van der Waals surface area contributed by atoms with E-state index in [1.165, 1.54) is 0 Å². The molecule has 0 fully saturated rings. The monoisotopic (exact) mass is 458 g/mol. The van der Waals surface area contributed by atoms with Gasteiger partial charge in [0.1, 0.15) is 12.4 Å². The van der Waals surface area contributed by atoms with E-state index in [0.717, 1.165) is 54.1 Å². The van der Waals surface area contributed by atoms with Crippen LogP contribution in [-0.2, 0) is 13.2 Å². The summed E-state index contributed by atoms with van der Waals surface area (Å²) in [4.78, 5) is 2.39. The molecule has 0 saturated carbocycles. The zero-order chi connectivity index (χ0) is 18.9. The second kappa shape index (κ2) is 11.2. The summed E-state index contributed by atoms with van der Waals surface area (Å²) in [7, 11) is 0. The van der Waals surface area contributed by atoms with Gasteiger partial charge in [0.25, 0.3) is 0 Å². The zero-order valence-corrected chi connectivity index (χ0v) is 18.3. The van der Waals surface area contributed by atoms with Crippen molar-refractivity contribution in [1.82, 2.24) is 10.2 Å². The highest BCUT2D eigenvalue weighted by atomic mass is 79.9. The van der Waals surface area contributed by atoms with Crippen LogP contribution in [0, 0.1) is 0 Å². The molecule has 3 nitrogen and oxygen atoms in total. The van der Waals surface area contributed by atoms with Crippen LogP contribution in [0.2, 0.25) is 10.0 Å². The molecule has 2 aromatic rings. The molecule has 6 heteroatoms. The minimum atomic E-state index is 0.340. The van der Waals surface area contributed by atoms with E-state index in [2.05, 4.69) is 46.1 Å². The van der Waals surface area contributed by atoms with Crippen LogP contribution >= 0.6 is 39.1 Å². The van der Waals surface area contributed by atoms with Gasteiger partial charge in [-0.3, -0.25) is 0 Å². The molecule has 0 aliphatic rings. The number of halogens is 3. The summed E-state index contributed by atoms with van der Waals surface area (Å²) in [5, 5.41) is 4.73. The molecule has 0 heterocycles. The SMILES string of the molecule is CCN(CC)CCNCc1cc(Br)ccc1OCc1c(Cl)cccc1Cl. The Kier molecular flexibility index (Phi) is 9.23. The van der Waals surface area contributed by atoms with E-state index >= 15 is 0 Å². The fourth-order valence-electron chi connectivity index (χ4n) is 2.65. The molecule has 0 amide bonds. The number of hydrogen-bond donors (Lipinski definition) is 1. The number of nitrogens with one attached hydrogen (secondary N) is 1. The predicted molar refractivity (Wildman–Crippen MR) is 114 cm³/mol. The Hall–Kier alpha value is -0.780. The summed E-state index contributed by atoms with van der Waals surface area (Å²) in [5.41, 5.74) is 1.90. The lowest BCUT2D eigenvalue weighted by atomic mass is 10.2. The molecule has 0 atom stereocenters. The molecule has 142 valence electrons. The van der Waals surface area contributed by atoms with Gasteiger partial charge >= 0.3 is 0 Å². The quantitative estimate of drug-likeness (QED) is 0.456. The lowest BCUT2D eigenvalue weighted by Crippen LogP contribution is -2.31. The van der Waals surface area contributed by atoms with E-state index in [4.69, 9.17) is 27.9 Å². The highest BCUT2D eigenvalue weighted by Gasteiger charge is 2.09. The number of rotatable bonds is 10. The second-order valence-electron chi connectivity index (χ2n) is 5.94. The first-order valence-electron chi connectivity index (χ1n) is 8.82. The van der Waals surface area contributed by atoms with E-state index < -0.39 is 0 Å². The Labute approximate surface area is 174 Å². The van der Waals surface area contributed by atoms with Gasteiger partial charge in [-0.25, -0.2) is 0 Å². The van der Waals surface area contributed by atoms with Gasteiger partial charge in [-0.2, -0.15) is 0 Å². The number of hydrogen-bond acceptors (Lipinski definition) is 3. The highest BCUT2D eigenvalue weighted by Crippen LogP contribution is 2.28. The molecular weight excluding hydrogens is 435 g/mol. The normalized spacial score (nSPS) is 11.2. The van der Waals surface area contributed by atoms with Gasteiger partial charge in [-0.15, -0.1) is 0 Å². The van der Waals surface area contributed by atoms with Crippen LogP contribution in [0.4, 0.5) is 0 Å². The van der Waals surface area contributed by atoms with Crippen LogP contribution in [0.1, 0.15) is 25.0 Å². The average Bonchev–Trinajstić information content (AvgIpc) is 2.63. The maximum absolute atomic E-state index is 6.23. The van der Waals surface area contributed by atoms with Gasteiger partial charge in [-0.1, -0.05) is 59.0 Å². The average molecular weight is 460 g/mol. The van der Waals surface area contributed by atoms with E-state index in [1.807, 2.05) is 30.3 Å². The van der Waals surface area contributed by atoms with Gasteiger partial charge in [0.05, 0.1) is 0 Å². The van der Waals surface area contributed by atoms with Crippen LogP contribution in [0.25, 0.3) is 0 Å². The Morgan fingerprint density at radius 2 is 1.77 bits per heavy atom. The fourth-order valence-corrected chi connectivity index (χ4v) is 3.56. The largest absolute Gasteiger partial charge is 0.488 e. The van der Waals surface area contributed by atoms with Crippen LogP contribution in [0.3, 0.4) is 0 Å². The zero-order valence-electron chi connectivity index (χ0n) is 15.2. The van der Waals surface area contributed by atoms with Crippen molar-refractivity contribution >= 4 is 39.1 Å². The minimum absolute atomic E-state index is 0.340. The first kappa shape index (κ1) is 21.5. The van der Waals surface area contributed by atoms with Crippen LogP contribution in [-0.4, -0.2) is 31.1 Å². The van der Waals surface area contributed by atoms with Crippen molar-refractivity contribution in [3.63, 3.8) is 0 Å². The van der Waals surface area contributed by atoms with E-state index in [0.29, 0.717) is 16.7 Å². The summed E-state index contributed by atoms with van der Waals surface area (Å²) < 4.78 is 7.05. The van der Waals surface area contributed by atoms with Crippen molar-refractivity contribution in [3.05, 3.63) is 62.0 Å². The van der Waals surface area contributed by atoms with Crippen LogP contribution < -0.4 is 10.1 Å². The van der Waals surface area contributed by atoms with Crippen LogP contribution in [0.15, 0.2) is 40.9 Å². The summed E-state index contributed by atoms with van der Waals surface area (Å²) in [6.07, 6.45) is 0. The topological polar surface area (TPSA) is 24.5 Å². The van der Waals surface area contributed by atoms with Gasteiger partial charge in [0.2, 0.25) is 0 Å². The van der Waals surface area contributed by atoms with Crippen molar-refractivity contribution in [2.45, 2.75) is 27.0 Å². The van der Waals surface area contributed by atoms with Gasteiger partial charge in [0, 0.05) is 45.3 Å². The van der Waals surface area contributed by atoms with Crippen LogP contribution in [0.5, 0.6) is 5.75 Å². The predicted octanol–water partition coefficient (Wildman–Crippen LogP) is 5.77. The van der Waals surface area contributed by atoms with Crippen molar-refractivity contribution in [1.29, 1.82) is 0 Å². The Balaban J connectivity index is 1.98. The van der Waals surface area contributed by atoms with Crippen molar-refractivity contribution in [3.8, 4) is 5.75 Å². The molecule has 2 aromatic carbocycles. The van der Waals surface area contributed by atoms with E-state index in [9.17, 15) is 0 Å². The molecular formula is C20H25BrCl2N2O. The molecule has 1 N–H and O–H groups in total. The summed E-state index contributed by atoms with van der Waals surface area (Å²) in [6.45, 7) is 9.56. The second-order valence-corrected chi connectivity index (χ2v) is 7.67. The third kappa shape index (κ3) is 6.43. The first-order chi connectivity index (χ1) is 12.5. The third-order valence-electron chi connectivity index (χ3n) is 4.27. The molecule has 0 aliphatic heterocycles. The summed E-state index contributed by atoms with van der Waals surface area (Å²) >= 11 is 16.0. The number of nitrogens with zero attached hydrogens (tertiary/aromatic N) is 1. The molecule has 0 aliphatic carbocycles. The van der Waals surface area contributed by atoms with Gasteiger partial charge < -0.3 is 15.0 Å². The Morgan fingerprint density at radius 3 is 2.42 bits per heavy atom. The smallest absolute Gasteiger partial charge is 0.124 e. The molecule has 0 unspecified atom stereocenters. The molecule has 0 aromatic heterocycles. The van der Waals surface area contributed by atoms with Crippen molar-refractivity contribution < 1.29 is 4.74 Å². The van der Waals surface area contributed by atoms with E-state index in [-0.39, 0.29) is 0 Å². The van der Waals surface area contributed by atoms with Crippen molar-refractivity contribution in [2.75, 3.05) is 26.2 Å². The number of likely N-dealkylation sites (N-methyl/N-ethyl adjacent to an activating group) is 1. The molecule has 0 saturated heterocycles. The molecule has 0 spiro atoms. The lowest BCUT2D eigenvalue weighted by molar-refractivity contribution is 0.296. The maximum Gasteiger partial charge on any atom is 0.124 e. The van der Waals surface area contributed by atoms with Crippen molar-refractivity contribution in [2.24, 2.45) is 0 Å². The highest BCUT2D eigenvalue weighted by molar-refractivity contribution is 9.10. The lowest BCUT2D eigenvalue weighted by Gasteiger charge is -2.18. The maximum atomic E-state index is 6.23. The number of benzene rings is 2. The first-order valence-corrected chi connectivity index (χ1v) is 10.4. The fraction of sp³-hybridized carbons (Fsp3) is 0.400. The molecule has 0 bridgehead atoms. The molecule has 0 radical (unpaired) electrons. The molecule has 2 rings (SSSR count). The number of ether oxygens (including phenoxy) is 1. The molecule has 26 heavy (non-hydrogen) atoms. The standard InChI is InChI=1S/C20H25BrCl2N2O/c1-3-25(4-2)11-10-24-13-15-12-16(21)8-9-20(15)26-14-17-18(22)6-5-7-19(17)23/h5-9,12,24H,3-4,10-11,13-14H2,1-2H3. The van der Waals surface area contributed by atoms with Gasteiger partial charge in [-0.05, 0) is 43.4 Å². The van der Waals surface area contributed by atoms with Gasteiger partial charge in [0.15, 0.2) is 0 Å². The Morgan fingerprint density at radius 1 is 1.08 bits per heavy atom. The third-order valence-corrected chi connectivity index (χ3v) is 5.47. The van der Waals surface area contributed by atoms with E-state index in [1.54, 1.807) is 0 Å². The Bertz CT molecular complexity index is 688. The summed E-state index contributed by atoms with van der Waals surface area (Å²) in [5.74, 6) is 0.833.